The van der Waals surface area contributed by atoms with E-state index in [9.17, 15) is 4.79 Å². The lowest BCUT2D eigenvalue weighted by atomic mass is 10.1. The molecule has 0 aliphatic carbocycles. The van der Waals surface area contributed by atoms with Crippen LogP contribution >= 0.6 is 34.2 Å². The van der Waals surface area contributed by atoms with E-state index in [-0.39, 0.29) is 12.4 Å². The quantitative estimate of drug-likeness (QED) is 0.571. The third-order valence-electron chi connectivity index (χ3n) is 2.61. The number of Topliss-reactive ketones (excluding diaryl/α,β-unsaturated/α-hetero) is 1. The highest BCUT2D eigenvalue weighted by Crippen LogP contribution is 2.25. The van der Waals surface area contributed by atoms with E-state index in [1.807, 2.05) is 31.2 Å². The van der Waals surface area contributed by atoms with E-state index >= 15 is 0 Å². The fourth-order valence-corrected chi connectivity index (χ4v) is 2.12. The van der Waals surface area contributed by atoms with Gasteiger partial charge < -0.3 is 4.74 Å². The number of hydrogen-bond acceptors (Lipinski definition) is 2. The minimum Gasteiger partial charge on any atom is -0.484 e. The summed E-state index contributed by atoms with van der Waals surface area (Å²) in [4.78, 5) is 12.0. The number of halogens is 2. The summed E-state index contributed by atoms with van der Waals surface area (Å²) in [6.07, 6.45) is 0. The second-order valence-electron chi connectivity index (χ2n) is 4.15. The lowest BCUT2D eigenvalue weighted by molar-refractivity contribution is 0.0921. The molecule has 0 aliphatic heterocycles. The van der Waals surface area contributed by atoms with E-state index in [0.29, 0.717) is 16.3 Å². The summed E-state index contributed by atoms with van der Waals surface area (Å²) < 4.78 is 6.57. The van der Waals surface area contributed by atoms with Gasteiger partial charge in [-0.1, -0.05) is 29.8 Å². The van der Waals surface area contributed by atoms with Gasteiger partial charge in [0.15, 0.2) is 12.4 Å². The molecule has 0 saturated carbocycles. The SMILES string of the molecule is Cc1ccc(Cl)c(OCC(=O)c2ccc(I)cc2)c1. The van der Waals surface area contributed by atoms with Gasteiger partial charge in [-0.05, 0) is 59.3 Å². The van der Waals surface area contributed by atoms with Gasteiger partial charge in [0.1, 0.15) is 5.75 Å². The molecule has 0 radical (unpaired) electrons. The maximum atomic E-state index is 12.0. The lowest BCUT2D eigenvalue weighted by Crippen LogP contribution is -2.11. The summed E-state index contributed by atoms with van der Waals surface area (Å²) in [5.41, 5.74) is 1.69. The van der Waals surface area contributed by atoms with Crippen LogP contribution in [0.1, 0.15) is 15.9 Å². The van der Waals surface area contributed by atoms with Crippen LogP contribution in [0.25, 0.3) is 0 Å². The van der Waals surface area contributed by atoms with Crippen LogP contribution < -0.4 is 4.74 Å². The first-order valence-corrected chi connectivity index (χ1v) is 7.19. The highest BCUT2D eigenvalue weighted by Gasteiger charge is 2.08. The van der Waals surface area contributed by atoms with Gasteiger partial charge in [-0.15, -0.1) is 0 Å². The van der Waals surface area contributed by atoms with Crippen LogP contribution in [0.5, 0.6) is 5.75 Å². The molecule has 0 bridgehead atoms. The third-order valence-corrected chi connectivity index (χ3v) is 3.64. The molecule has 19 heavy (non-hydrogen) atoms. The van der Waals surface area contributed by atoms with E-state index < -0.39 is 0 Å². The normalized spacial score (nSPS) is 10.3. The van der Waals surface area contributed by atoms with E-state index in [1.165, 1.54) is 0 Å². The Morgan fingerprint density at radius 2 is 1.89 bits per heavy atom. The predicted molar refractivity (Wildman–Crippen MR) is 85.2 cm³/mol. The molecular formula is C15H12ClIO2. The van der Waals surface area contributed by atoms with Gasteiger partial charge in [0.05, 0.1) is 5.02 Å². The molecule has 0 spiro atoms. The Labute approximate surface area is 130 Å². The number of benzene rings is 2. The molecule has 0 atom stereocenters. The molecule has 0 amide bonds. The van der Waals surface area contributed by atoms with Gasteiger partial charge in [0.25, 0.3) is 0 Å². The number of carbonyl (C=O) groups excluding carboxylic acids is 1. The van der Waals surface area contributed by atoms with Crippen LogP contribution in [0.4, 0.5) is 0 Å². The predicted octanol–water partition coefficient (Wildman–Crippen LogP) is 4.51. The summed E-state index contributed by atoms with van der Waals surface area (Å²) in [6.45, 7) is 1.94. The Hall–Kier alpha value is -1.07. The minimum atomic E-state index is -0.0611. The Kier molecular flexibility index (Phi) is 4.82. The third kappa shape index (κ3) is 3.94. The standard InChI is InChI=1S/C15H12ClIO2/c1-10-2-7-13(16)15(8-10)19-9-14(18)11-3-5-12(17)6-4-11/h2-8H,9H2,1H3. The molecule has 0 N–H and O–H groups in total. The molecule has 0 unspecified atom stereocenters. The van der Waals surface area contributed by atoms with Crippen LogP contribution in [0.2, 0.25) is 5.02 Å². The zero-order valence-electron chi connectivity index (χ0n) is 10.3. The number of aryl methyl sites for hydroxylation is 1. The fraction of sp³-hybridized carbons (Fsp3) is 0.133. The molecule has 4 heteroatoms. The molecule has 98 valence electrons. The van der Waals surface area contributed by atoms with Gasteiger partial charge in [-0.25, -0.2) is 0 Å². The topological polar surface area (TPSA) is 26.3 Å². The van der Waals surface area contributed by atoms with Gasteiger partial charge in [-0.3, -0.25) is 4.79 Å². The average Bonchev–Trinajstić information content (AvgIpc) is 2.40. The maximum absolute atomic E-state index is 12.0. The van der Waals surface area contributed by atoms with E-state index in [2.05, 4.69) is 22.6 Å². The molecule has 2 aromatic carbocycles. The van der Waals surface area contributed by atoms with Gasteiger partial charge in [0, 0.05) is 9.13 Å². The lowest BCUT2D eigenvalue weighted by Gasteiger charge is -2.08. The van der Waals surface area contributed by atoms with Crippen LogP contribution in [0, 0.1) is 10.5 Å². The van der Waals surface area contributed by atoms with Gasteiger partial charge in [-0.2, -0.15) is 0 Å². The average molecular weight is 387 g/mol. The van der Waals surface area contributed by atoms with Crippen molar-refractivity contribution in [1.29, 1.82) is 0 Å². The number of ketones is 1. The van der Waals surface area contributed by atoms with E-state index in [4.69, 9.17) is 16.3 Å². The summed E-state index contributed by atoms with van der Waals surface area (Å²) >= 11 is 8.21. The van der Waals surface area contributed by atoms with Crippen molar-refractivity contribution in [1.82, 2.24) is 0 Å². The van der Waals surface area contributed by atoms with Gasteiger partial charge in [0.2, 0.25) is 0 Å². The summed E-state index contributed by atoms with van der Waals surface area (Å²) in [6, 6.07) is 12.9. The van der Waals surface area contributed by atoms with Crippen molar-refractivity contribution >= 4 is 40.0 Å². The van der Waals surface area contributed by atoms with Crippen molar-refractivity contribution < 1.29 is 9.53 Å². The minimum absolute atomic E-state index is 0.0102. The number of ether oxygens (including phenoxy) is 1. The maximum Gasteiger partial charge on any atom is 0.200 e. The van der Waals surface area contributed by atoms with Gasteiger partial charge >= 0.3 is 0 Å². The van der Waals surface area contributed by atoms with E-state index in [0.717, 1.165) is 9.13 Å². The molecule has 2 rings (SSSR count). The first-order valence-electron chi connectivity index (χ1n) is 5.74. The highest BCUT2D eigenvalue weighted by atomic mass is 127. The zero-order chi connectivity index (χ0) is 13.8. The summed E-state index contributed by atoms with van der Waals surface area (Å²) in [5, 5.41) is 0.515. The zero-order valence-corrected chi connectivity index (χ0v) is 13.2. The van der Waals surface area contributed by atoms with Crippen LogP contribution in [-0.2, 0) is 0 Å². The summed E-state index contributed by atoms with van der Waals surface area (Å²) in [7, 11) is 0. The summed E-state index contributed by atoms with van der Waals surface area (Å²) in [5.74, 6) is 0.481. The molecule has 0 aromatic heterocycles. The molecule has 0 aliphatic rings. The first kappa shape index (κ1) is 14.3. The molecule has 2 nitrogen and oxygen atoms in total. The fourth-order valence-electron chi connectivity index (χ4n) is 1.58. The smallest absolute Gasteiger partial charge is 0.200 e. The Morgan fingerprint density at radius 1 is 1.21 bits per heavy atom. The Morgan fingerprint density at radius 3 is 2.58 bits per heavy atom. The first-order chi connectivity index (χ1) is 9.06. The van der Waals surface area contributed by atoms with Crippen molar-refractivity contribution in [3.05, 3.63) is 62.2 Å². The second kappa shape index (κ2) is 6.39. The van der Waals surface area contributed by atoms with Crippen molar-refractivity contribution in [3.8, 4) is 5.75 Å². The second-order valence-corrected chi connectivity index (χ2v) is 5.81. The van der Waals surface area contributed by atoms with Crippen molar-refractivity contribution in [3.63, 3.8) is 0 Å². The number of hydrogen-bond donors (Lipinski definition) is 0. The highest BCUT2D eigenvalue weighted by molar-refractivity contribution is 14.1. The van der Waals surface area contributed by atoms with Crippen molar-refractivity contribution in [2.75, 3.05) is 6.61 Å². The Bertz CT molecular complexity index is 594. The Balaban J connectivity index is 2.04. The van der Waals surface area contributed by atoms with Crippen molar-refractivity contribution in [2.45, 2.75) is 6.92 Å². The number of carbonyl (C=O) groups is 1. The van der Waals surface area contributed by atoms with Crippen LogP contribution in [0.15, 0.2) is 42.5 Å². The number of rotatable bonds is 4. The largest absolute Gasteiger partial charge is 0.484 e. The molecule has 0 fully saturated rings. The van der Waals surface area contributed by atoms with Crippen molar-refractivity contribution in [2.24, 2.45) is 0 Å². The van der Waals surface area contributed by atoms with Crippen LogP contribution in [-0.4, -0.2) is 12.4 Å². The molecule has 0 heterocycles. The van der Waals surface area contributed by atoms with E-state index in [1.54, 1.807) is 18.2 Å². The monoisotopic (exact) mass is 386 g/mol. The molecular weight excluding hydrogens is 375 g/mol. The van der Waals surface area contributed by atoms with Crippen LogP contribution in [0.3, 0.4) is 0 Å². The molecule has 0 saturated heterocycles. The molecule has 2 aromatic rings.